The zero-order chi connectivity index (χ0) is 16.5. The molecule has 0 saturated heterocycles. The number of allylic oxidation sites excluding steroid dienone is 5. The molecule has 0 aliphatic rings. The molecule has 0 rings (SSSR count). The van der Waals surface area contributed by atoms with Crippen LogP contribution in [0.4, 0.5) is 0 Å². The van der Waals surface area contributed by atoms with Gasteiger partial charge in [-0.25, -0.2) is 0 Å². The van der Waals surface area contributed by atoms with E-state index >= 15 is 0 Å². The zero-order valence-corrected chi connectivity index (χ0v) is 15.1. The van der Waals surface area contributed by atoms with Gasteiger partial charge in [0.15, 0.2) is 0 Å². The Morgan fingerprint density at radius 3 is 2.14 bits per heavy atom. The van der Waals surface area contributed by atoms with Crippen molar-refractivity contribution >= 4 is 0 Å². The van der Waals surface area contributed by atoms with Crippen molar-refractivity contribution in [3.63, 3.8) is 0 Å². The van der Waals surface area contributed by atoms with Gasteiger partial charge in [0.25, 0.3) is 0 Å². The molecule has 0 aliphatic heterocycles. The molecular formula is C20H35N. The average molecular weight is 290 g/mol. The summed E-state index contributed by atoms with van der Waals surface area (Å²) in [6, 6.07) is 0. The van der Waals surface area contributed by atoms with Crippen molar-refractivity contribution in [1.82, 2.24) is 4.90 Å². The molecule has 0 aromatic rings. The first-order valence-electron chi connectivity index (χ1n) is 8.21. The Kier molecular flexibility index (Phi) is 9.08. The number of hydrogen-bond donors (Lipinski definition) is 0. The van der Waals surface area contributed by atoms with Gasteiger partial charge >= 0.3 is 0 Å². The summed E-state index contributed by atoms with van der Waals surface area (Å²) in [6.45, 7) is 22.7. The van der Waals surface area contributed by atoms with Gasteiger partial charge in [-0.3, -0.25) is 0 Å². The molecule has 0 aliphatic carbocycles. The van der Waals surface area contributed by atoms with Gasteiger partial charge in [0.2, 0.25) is 0 Å². The molecule has 120 valence electrons. The molecule has 0 N–H and O–H groups in total. The number of nitrogens with zero attached hydrogens (tertiary/aromatic N) is 1. The normalized spacial score (nSPS) is 13.8. The summed E-state index contributed by atoms with van der Waals surface area (Å²) in [6.07, 6.45) is 11.7. The van der Waals surface area contributed by atoms with Crippen LogP contribution in [0.25, 0.3) is 0 Å². The van der Waals surface area contributed by atoms with E-state index in [-0.39, 0.29) is 5.54 Å². The lowest BCUT2D eigenvalue weighted by Gasteiger charge is -2.38. The first kappa shape index (κ1) is 19.8. The van der Waals surface area contributed by atoms with Gasteiger partial charge in [-0.05, 0) is 45.6 Å². The Balaban J connectivity index is 4.70. The van der Waals surface area contributed by atoms with E-state index in [4.69, 9.17) is 0 Å². The highest BCUT2D eigenvalue weighted by atomic mass is 15.2. The Hall–Kier alpha value is -1.24. The van der Waals surface area contributed by atoms with Crippen LogP contribution in [0, 0.1) is 5.92 Å². The summed E-state index contributed by atoms with van der Waals surface area (Å²) in [5.41, 5.74) is 2.33. The lowest BCUT2D eigenvalue weighted by Crippen LogP contribution is -2.41. The lowest BCUT2D eigenvalue weighted by atomic mass is 10.0. The average Bonchev–Trinajstić information content (AvgIpc) is 2.41. The van der Waals surface area contributed by atoms with E-state index in [0.717, 1.165) is 30.2 Å². The number of rotatable bonds is 9. The molecule has 0 fully saturated rings. The Morgan fingerprint density at radius 2 is 1.67 bits per heavy atom. The molecule has 0 aromatic carbocycles. The van der Waals surface area contributed by atoms with Crippen LogP contribution < -0.4 is 0 Å². The van der Waals surface area contributed by atoms with Gasteiger partial charge in [-0.15, -0.1) is 0 Å². The van der Waals surface area contributed by atoms with E-state index in [9.17, 15) is 0 Å². The summed E-state index contributed by atoms with van der Waals surface area (Å²) in [5.74, 6) is 0.763. The first-order valence-corrected chi connectivity index (χ1v) is 8.21. The maximum Gasteiger partial charge on any atom is 0.0317 e. The van der Waals surface area contributed by atoms with E-state index < -0.39 is 0 Å². The molecule has 0 aromatic heterocycles. The summed E-state index contributed by atoms with van der Waals surface area (Å²) in [5, 5.41) is 0. The third-order valence-corrected chi connectivity index (χ3v) is 3.88. The fourth-order valence-electron chi connectivity index (χ4n) is 2.03. The Morgan fingerprint density at radius 1 is 1.10 bits per heavy atom. The van der Waals surface area contributed by atoms with Crippen molar-refractivity contribution in [3.05, 3.63) is 48.7 Å². The van der Waals surface area contributed by atoms with Crippen LogP contribution in [0.3, 0.4) is 0 Å². The SMILES string of the molecule is C=C(/C=C\C=C/C(=C)N(CCC(C)CC)C(C)(C)C)CC. The Bertz CT molecular complexity index is 379. The largest absolute Gasteiger partial charge is 0.367 e. The van der Waals surface area contributed by atoms with Crippen LogP contribution in [-0.2, 0) is 0 Å². The third-order valence-electron chi connectivity index (χ3n) is 3.88. The van der Waals surface area contributed by atoms with Crippen LogP contribution >= 0.6 is 0 Å². The van der Waals surface area contributed by atoms with Crippen molar-refractivity contribution in [1.29, 1.82) is 0 Å². The fourth-order valence-corrected chi connectivity index (χ4v) is 2.03. The highest BCUT2D eigenvalue weighted by Gasteiger charge is 2.21. The molecule has 1 unspecified atom stereocenters. The van der Waals surface area contributed by atoms with Gasteiger partial charge < -0.3 is 4.90 Å². The van der Waals surface area contributed by atoms with E-state index in [2.05, 4.69) is 77.8 Å². The van der Waals surface area contributed by atoms with Crippen LogP contribution in [0.1, 0.15) is 60.8 Å². The van der Waals surface area contributed by atoms with Gasteiger partial charge in [0.05, 0.1) is 0 Å². The van der Waals surface area contributed by atoms with Crippen molar-refractivity contribution in [3.8, 4) is 0 Å². The minimum atomic E-state index is 0.103. The lowest BCUT2D eigenvalue weighted by molar-refractivity contribution is 0.181. The van der Waals surface area contributed by atoms with Crippen LogP contribution in [0.2, 0.25) is 0 Å². The summed E-state index contributed by atoms with van der Waals surface area (Å²) in [7, 11) is 0. The van der Waals surface area contributed by atoms with Crippen LogP contribution in [0.5, 0.6) is 0 Å². The molecule has 0 saturated carbocycles. The molecule has 21 heavy (non-hydrogen) atoms. The Labute approximate surface area is 133 Å². The molecule has 0 heterocycles. The highest BCUT2D eigenvalue weighted by molar-refractivity contribution is 5.24. The topological polar surface area (TPSA) is 3.24 Å². The predicted molar refractivity (Wildman–Crippen MR) is 97.4 cm³/mol. The molecule has 0 spiro atoms. The molecule has 1 atom stereocenters. The van der Waals surface area contributed by atoms with E-state index in [1.807, 2.05) is 6.08 Å². The highest BCUT2D eigenvalue weighted by Crippen LogP contribution is 2.21. The quantitative estimate of drug-likeness (QED) is 0.462. The monoisotopic (exact) mass is 289 g/mol. The minimum absolute atomic E-state index is 0.103. The van der Waals surface area contributed by atoms with Crippen LogP contribution in [0.15, 0.2) is 48.7 Å². The smallest absolute Gasteiger partial charge is 0.0317 e. The number of hydrogen-bond acceptors (Lipinski definition) is 1. The van der Waals surface area contributed by atoms with E-state index in [0.29, 0.717) is 0 Å². The summed E-state index contributed by atoms with van der Waals surface area (Å²) in [4.78, 5) is 2.40. The van der Waals surface area contributed by atoms with Crippen LogP contribution in [-0.4, -0.2) is 17.0 Å². The van der Waals surface area contributed by atoms with Crippen molar-refractivity contribution in [2.24, 2.45) is 5.92 Å². The van der Waals surface area contributed by atoms with Gasteiger partial charge in [-0.2, -0.15) is 0 Å². The van der Waals surface area contributed by atoms with E-state index in [1.165, 1.54) is 12.8 Å². The minimum Gasteiger partial charge on any atom is -0.367 e. The zero-order valence-electron chi connectivity index (χ0n) is 15.1. The van der Waals surface area contributed by atoms with E-state index in [1.54, 1.807) is 0 Å². The molecule has 0 radical (unpaired) electrons. The molecular weight excluding hydrogens is 254 g/mol. The van der Waals surface area contributed by atoms with Gasteiger partial charge in [0.1, 0.15) is 0 Å². The maximum atomic E-state index is 4.24. The molecule has 1 nitrogen and oxygen atoms in total. The summed E-state index contributed by atoms with van der Waals surface area (Å²) < 4.78 is 0. The standard InChI is InChI=1S/C20H35N/c1-9-17(3)13-11-12-14-19(5)21(20(6,7)8)16-15-18(4)10-2/h11-14,18H,3,5,9-10,15-16H2,1-2,4,6-8H3/b13-11-,14-12-. The van der Waals surface area contributed by atoms with Crippen molar-refractivity contribution in [2.45, 2.75) is 66.3 Å². The van der Waals surface area contributed by atoms with Crippen molar-refractivity contribution < 1.29 is 0 Å². The molecule has 0 bridgehead atoms. The fraction of sp³-hybridized carbons (Fsp3) is 0.600. The first-order chi connectivity index (χ1) is 9.72. The molecule has 0 amide bonds. The second kappa shape index (κ2) is 9.65. The maximum absolute atomic E-state index is 4.24. The van der Waals surface area contributed by atoms with Gasteiger partial charge in [-0.1, -0.05) is 64.2 Å². The third kappa shape index (κ3) is 8.60. The second-order valence-corrected chi connectivity index (χ2v) is 6.85. The van der Waals surface area contributed by atoms with Crippen molar-refractivity contribution in [2.75, 3.05) is 6.54 Å². The summed E-state index contributed by atoms with van der Waals surface area (Å²) >= 11 is 0. The predicted octanol–water partition coefficient (Wildman–Crippen LogP) is 6.12. The van der Waals surface area contributed by atoms with Gasteiger partial charge in [0, 0.05) is 17.8 Å². The second-order valence-electron chi connectivity index (χ2n) is 6.85. The molecule has 1 heteroatoms.